The molecule has 0 rings (SSSR count). The number of phosphoric acid groups is 2. The molecule has 0 radical (unpaired) electrons. The molecule has 6 atom stereocenters. The second-order valence-corrected chi connectivity index (χ2v) is 30.7. The molecule has 0 fully saturated rings. The number of esters is 4. The molecule has 558 valence electrons. The third-order valence-electron chi connectivity index (χ3n) is 17.8. The topological polar surface area (TPSA) is 237 Å². The van der Waals surface area contributed by atoms with Crippen molar-refractivity contribution in [2.45, 2.75) is 407 Å². The minimum Gasteiger partial charge on any atom is -0.462 e. The normalized spacial score (nSPS) is 14.3. The van der Waals surface area contributed by atoms with E-state index in [2.05, 4.69) is 41.5 Å². The lowest BCUT2D eigenvalue weighted by molar-refractivity contribution is -0.161. The number of aliphatic hydroxyl groups is 1. The third-order valence-corrected chi connectivity index (χ3v) is 19.7. The summed E-state index contributed by atoms with van der Waals surface area (Å²) in [5.74, 6) is -0.561. The SMILES string of the molecule is CCCCCCCCCCCCCCCCCCCCCCC(=O)O[C@H](COC(=O)CCCCCCCCCCCCCCCCC(C)C)COP(=O)(O)OC[C@@H](O)COP(=O)(O)OC[C@@H](COC(=O)CCCCCCC)OC(=O)CCCCCCCCCCC(C)CC. The largest absolute Gasteiger partial charge is 0.472 e. The molecule has 0 aromatic heterocycles. The van der Waals surface area contributed by atoms with E-state index in [0.717, 1.165) is 108 Å². The van der Waals surface area contributed by atoms with Crippen LogP contribution in [-0.4, -0.2) is 96.7 Å². The van der Waals surface area contributed by atoms with Gasteiger partial charge in [0.1, 0.15) is 19.3 Å². The highest BCUT2D eigenvalue weighted by atomic mass is 31.2. The quantitative estimate of drug-likeness (QED) is 0.0222. The highest BCUT2D eigenvalue weighted by Crippen LogP contribution is 2.45. The van der Waals surface area contributed by atoms with Crippen LogP contribution in [-0.2, 0) is 65.4 Å². The molecule has 0 aliphatic carbocycles. The lowest BCUT2D eigenvalue weighted by Gasteiger charge is -2.21. The van der Waals surface area contributed by atoms with Crippen LogP contribution >= 0.6 is 15.6 Å². The Labute approximate surface area is 575 Å². The fourth-order valence-electron chi connectivity index (χ4n) is 11.4. The van der Waals surface area contributed by atoms with E-state index in [-0.39, 0.29) is 25.7 Å². The van der Waals surface area contributed by atoms with Crippen LogP contribution in [0.25, 0.3) is 0 Å². The molecule has 3 N–H and O–H groups in total. The van der Waals surface area contributed by atoms with Gasteiger partial charge in [-0.3, -0.25) is 37.3 Å². The van der Waals surface area contributed by atoms with E-state index in [4.69, 9.17) is 37.0 Å². The zero-order valence-electron chi connectivity index (χ0n) is 61.3. The van der Waals surface area contributed by atoms with Gasteiger partial charge in [0.2, 0.25) is 0 Å². The Hall–Kier alpha value is -1.94. The Balaban J connectivity index is 5.14. The summed E-state index contributed by atoms with van der Waals surface area (Å²) >= 11 is 0. The Morgan fingerprint density at radius 1 is 0.309 bits per heavy atom. The molecule has 94 heavy (non-hydrogen) atoms. The summed E-state index contributed by atoms with van der Waals surface area (Å²) < 4.78 is 68.3. The number of phosphoric ester groups is 2. The van der Waals surface area contributed by atoms with E-state index in [1.54, 1.807) is 0 Å². The highest BCUT2D eigenvalue weighted by Gasteiger charge is 2.30. The van der Waals surface area contributed by atoms with Gasteiger partial charge in [0.25, 0.3) is 0 Å². The van der Waals surface area contributed by atoms with Gasteiger partial charge in [0.15, 0.2) is 12.2 Å². The van der Waals surface area contributed by atoms with Crippen molar-refractivity contribution >= 4 is 39.5 Å². The van der Waals surface area contributed by atoms with E-state index in [1.165, 1.54) is 199 Å². The maximum Gasteiger partial charge on any atom is 0.472 e. The number of unbranched alkanes of at least 4 members (excludes halogenated alkanes) is 43. The minimum absolute atomic E-state index is 0.104. The number of rotatable bonds is 74. The van der Waals surface area contributed by atoms with Crippen molar-refractivity contribution in [3.8, 4) is 0 Å². The molecule has 0 amide bonds. The molecule has 0 aliphatic heterocycles. The fraction of sp³-hybridized carbons (Fsp3) is 0.947. The molecule has 0 aromatic rings. The van der Waals surface area contributed by atoms with Crippen LogP contribution < -0.4 is 0 Å². The first-order valence-corrected chi connectivity index (χ1v) is 42.0. The third kappa shape index (κ3) is 67.3. The molecule has 17 nitrogen and oxygen atoms in total. The van der Waals surface area contributed by atoms with Crippen LogP contribution in [0.5, 0.6) is 0 Å². The maximum atomic E-state index is 13.1. The fourth-order valence-corrected chi connectivity index (χ4v) is 13.0. The van der Waals surface area contributed by atoms with Gasteiger partial charge in [0, 0.05) is 25.7 Å². The van der Waals surface area contributed by atoms with Gasteiger partial charge in [-0.25, -0.2) is 9.13 Å². The monoisotopic (exact) mass is 1380 g/mol. The molecule has 0 heterocycles. The minimum atomic E-state index is -4.95. The molecular weight excluding hydrogens is 1230 g/mol. The van der Waals surface area contributed by atoms with Crippen molar-refractivity contribution < 1.29 is 80.2 Å². The summed E-state index contributed by atoms with van der Waals surface area (Å²) in [6, 6.07) is 0. The second kappa shape index (κ2) is 66.9. The molecular formula is C75H146O17P2. The lowest BCUT2D eigenvalue weighted by Crippen LogP contribution is -2.30. The standard InChI is InChI=1S/C75H146O17P2/c1-7-10-12-14-15-16-17-18-19-20-21-22-23-24-29-32-35-41-47-53-59-74(79)92-71(64-86-73(78)58-52-46-40-34-31-28-26-25-27-30-33-38-44-49-55-67(4)5)66-90-94(83,84)88-62-69(76)61-87-93(81,82)89-65-70(63-85-72(77)57-51-43-13-11-8-2)91-75(80)60-54-48-42-37-36-39-45-50-56-68(6)9-3/h67-71,76H,7-66H2,1-6H3,(H,81,82)(H,83,84)/t68?,69-,70+,71+/m0/s1. The molecule has 0 saturated heterocycles. The number of hydrogen-bond donors (Lipinski definition) is 3. The van der Waals surface area contributed by atoms with Crippen LogP contribution in [0.1, 0.15) is 388 Å². The Kier molecular flexibility index (Phi) is 65.5. The number of carbonyl (C=O) groups is 4. The molecule has 0 aromatic carbocycles. The van der Waals surface area contributed by atoms with Crippen molar-refractivity contribution in [1.82, 2.24) is 0 Å². The van der Waals surface area contributed by atoms with Gasteiger partial charge in [-0.1, -0.05) is 337 Å². The van der Waals surface area contributed by atoms with Crippen molar-refractivity contribution in [3.63, 3.8) is 0 Å². The van der Waals surface area contributed by atoms with Crippen molar-refractivity contribution in [3.05, 3.63) is 0 Å². The molecule has 0 aliphatic rings. The average molecular weight is 1380 g/mol. The van der Waals surface area contributed by atoms with Gasteiger partial charge < -0.3 is 33.8 Å². The van der Waals surface area contributed by atoms with Crippen LogP contribution in [0.4, 0.5) is 0 Å². The van der Waals surface area contributed by atoms with Gasteiger partial charge in [-0.2, -0.15) is 0 Å². The summed E-state index contributed by atoms with van der Waals surface area (Å²) in [6.45, 7) is 9.51. The van der Waals surface area contributed by atoms with E-state index < -0.39 is 97.5 Å². The zero-order chi connectivity index (χ0) is 69.3. The zero-order valence-corrected chi connectivity index (χ0v) is 63.1. The van der Waals surface area contributed by atoms with Gasteiger partial charge >= 0.3 is 39.5 Å². The lowest BCUT2D eigenvalue weighted by atomic mass is 9.99. The van der Waals surface area contributed by atoms with Crippen LogP contribution in [0.15, 0.2) is 0 Å². The van der Waals surface area contributed by atoms with Gasteiger partial charge in [0.05, 0.1) is 26.4 Å². The van der Waals surface area contributed by atoms with Crippen molar-refractivity contribution in [1.29, 1.82) is 0 Å². The average Bonchev–Trinajstić information content (AvgIpc) is 2.33. The first kappa shape index (κ1) is 92.1. The highest BCUT2D eigenvalue weighted by molar-refractivity contribution is 7.47. The summed E-state index contributed by atoms with van der Waals surface area (Å²) in [7, 11) is -9.90. The predicted octanol–water partition coefficient (Wildman–Crippen LogP) is 21.9. The molecule has 19 heteroatoms. The van der Waals surface area contributed by atoms with E-state index in [9.17, 15) is 43.2 Å². The Morgan fingerprint density at radius 2 is 0.543 bits per heavy atom. The van der Waals surface area contributed by atoms with Crippen LogP contribution in [0, 0.1) is 11.8 Å². The molecule has 0 saturated carbocycles. The number of ether oxygens (including phenoxy) is 4. The molecule has 3 unspecified atom stereocenters. The molecule has 0 bridgehead atoms. The van der Waals surface area contributed by atoms with Crippen molar-refractivity contribution in [2.24, 2.45) is 11.8 Å². The summed E-state index contributed by atoms with van der Waals surface area (Å²) in [5.41, 5.74) is 0. The van der Waals surface area contributed by atoms with E-state index >= 15 is 0 Å². The summed E-state index contributed by atoms with van der Waals surface area (Å²) in [6.07, 6.45) is 54.6. The number of hydrogen-bond acceptors (Lipinski definition) is 15. The Bertz CT molecular complexity index is 1820. The summed E-state index contributed by atoms with van der Waals surface area (Å²) in [4.78, 5) is 72.5. The van der Waals surface area contributed by atoms with Gasteiger partial charge in [-0.15, -0.1) is 0 Å². The predicted molar refractivity (Wildman–Crippen MR) is 381 cm³/mol. The maximum absolute atomic E-state index is 13.1. The van der Waals surface area contributed by atoms with E-state index in [0.29, 0.717) is 25.7 Å². The van der Waals surface area contributed by atoms with Crippen LogP contribution in [0.2, 0.25) is 0 Å². The number of carbonyl (C=O) groups excluding carboxylic acids is 4. The summed E-state index contributed by atoms with van der Waals surface area (Å²) in [5, 5.41) is 10.6. The second-order valence-electron chi connectivity index (χ2n) is 27.8. The van der Waals surface area contributed by atoms with Gasteiger partial charge in [-0.05, 0) is 37.5 Å². The van der Waals surface area contributed by atoms with E-state index in [1.807, 2.05) is 0 Å². The van der Waals surface area contributed by atoms with Crippen LogP contribution in [0.3, 0.4) is 0 Å². The Morgan fingerprint density at radius 3 is 0.809 bits per heavy atom. The number of aliphatic hydroxyl groups excluding tert-OH is 1. The first-order chi connectivity index (χ1) is 45.4. The first-order valence-electron chi connectivity index (χ1n) is 39.0. The molecule has 0 spiro atoms. The van der Waals surface area contributed by atoms with Crippen molar-refractivity contribution in [2.75, 3.05) is 39.6 Å². The smallest absolute Gasteiger partial charge is 0.462 e.